The first kappa shape index (κ1) is 20.0. The van der Waals surface area contributed by atoms with Crippen molar-refractivity contribution in [2.24, 2.45) is 7.05 Å². The van der Waals surface area contributed by atoms with Crippen LogP contribution in [0.5, 0.6) is 0 Å². The molecule has 29 heavy (non-hydrogen) atoms. The summed E-state index contributed by atoms with van der Waals surface area (Å²) < 4.78 is 8.26. The monoisotopic (exact) mass is 397 g/mol. The molecule has 0 radical (unpaired) electrons. The number of ether oxygens (including phenoxy) is 1. The lowest BCUT2D eigenvalue weighted by Crippen LogP contribution is -2.49. The number of aryl methyl sites for hydroxylation is 2. The van der Waals surface area contributed by atoms with Crippen LogP contribution < -0.4 is 5.32 Å². The largest absolute Gasteiger partial charge is 0.370 e. The summed E-state index contributed by atoms with van der Waals surface area (Å²) in [5.74, 6) is -0.0938. The molecule has 0 atom stereocenters. The molecular weight excluding hydrogens is 366 g/mol. The third-order valence-electron chi connectivity index (χ3n) is 6.16. The van der Waals surface area contributed by atoms with Gasteiger partial charge in [-0.1, -0.05) is 13.0 Å². The average Bonchev–Trinajstić information content (AvgIpc) is 3.05. The van der Waals surface area contributed by atoms with Crippen molar-refractivity contribution in [1.82, 2.24) is 25.0 Å². The first-order valence-corrected chi connectivity index (χ1v) is 10.6. The van der Waals surface area contributed by atoms with Crippen LogP contribution in [0.2, 0.25) is 0 Å². The molecule has 7 heteroatoms. The lowest BCUT2D eigenvalue weighted by atomic mass is 9.83. The van der Waals surface area contributed by atoms with Crippen molar-refractivity contribution in [2.75, 3.05) is 19.6 Å². The Morgan fingerprint density at radius 3 is 2.79 bits per heavy atom. The molecule has 0 bridgehead atoms. The second-order valence-corrected chi connectivity index (χ2v) is 8.40. The third kappa shape index (κ3) is 4.21. The second-order valence-electron chi connectivity index (χ2n) is 8.40. The zero-order valence-electron chi connectivity index (χ0n) is 17.7. The lowest BCUT2D eigenvalue weighted by molar-refractivity contribution is -0.104. The number of likely N-dealkylation sites (tertiary alicyclic amines) is 1. The van der Waals surface area contributed by atoms with Crippen molar-refractivity contribution in [3.63, 3.8) is 0 Å². The summed E-state index contributed by atoms with van der Waals surface area (Å²) in [6, 6.07) is 4.24. The predicted molar refractivity (Wildman–Crippen MR) is 111 cm³/mol. The maximum absolute atomic E-state index is 12.4. The highest BCUT2D eigenvalue weighted by Crippen LogP contribution is 2.37. The third-order valence-corrected chi connectivity index (χ3v) is 6.16. The molecule has 0 aliphatic carbocycles. The van der Waals surface area contributed by atoms with Crippen molar-refractivity contribution in [3.8, 4) is 0 Å². The number of piperidine rings is 1. The number of carbonyl (C=O) groups excluding carboxylic acids is 1. The van der Waals surface area contributed by atoms with Gasteiger partial charge in [0.25, 0.3) is 5.91 Å². The van der Waals surface area contributed by atoms with Crippen molar-refractivity contribution >= 4 is 5.91 Å². The van der Waals surface area contributed by atoms with E-state index in [1.54, 1.807) is 0 Å². The zero-order chi connectivity index (χ0) is 20.4. The Morgan fingerprint density at radius 1 is 1.31 bits per heavy atom. The molecule has 7 nitrogen and oxygen atoms in total. The Kier molecular flexibility index (Phi) is 5.69. The minimum absolute atomic E-state index is 0.0938. The maximum atomic E-state index is 12.4. The standard InChI is InChI=1S/C22H31N5O2/c1-4-9-23-21(28)20-18-15-29-22(12-19(18)26(3)25-20)7-10-27(11-8-22)14-17-6-5-16(2)13-24-17/h5-6,13H,4,7-12,14-15H2,1-3H3,(H,23,28). The number of aromatic nitrogens is 3. The first-order valence-electron chi connectivity index (χ1n) is 10.6. The predicted octanol–water partition coefficient (Wildman–Crippen LogP) is 2.37. The van der Waals surface area contributed by atoms with E-state index in [2.05, 4.69) is 39.4 Å². The zero-order valence-corrected chi connectivity index (χ0v) is 17.7. The fourth-order valence-electron chi connectivity index (χ4n) is 4.32. The molecule has 2 aliphatic heterocycles. The molecule has 0 unspecified atom stereocenters. The van der Waals surface area contributed by atoms with Gasteiger partial charge >= 0.3 is 0 Å². The van der Waals surface area contributed by atoms with Gasteiger partial charge in [0.05, 0.1) is 17.9 Å². The second kappa shape index (κ2) is 8.24. The molecule has 4 rings (SSSR count). The number of nitrogens with zero attached hydrogens (tertiary/aromatic N) is 4. The molecule has 4 heterocycles. The van der Waals surface area contributed by atoms with Gasteiger partial charge in [-0.25, -0.2) is 0 Å². The number of hydrogen-bond acceptors (Lipinski definition) is 5. The van der Waals surface area contributed by atoms with Crippen LogP contribution in [-0.4, -0.2) is 50.8 Å². The van der Waals surface area contributed by atoms with Crippen molar-refractivity contribution in [3.05, 3.63) is 46.5 Å². The van der Waals surface area contributed by atoms with Crippen LogP contribution in [0.1, 0.15) is 59.2 Å². The molecular formula is C22H31N5O2. The fraction of sp³-hybridized carbons (Fsp3) is 0.591. The highest BCUT2D eigenvalue weighted by Gasteiger charge is 2.41. The van der Waals surface area contributed by atoms with Crippen LogP contribution in [-0.2, 0) is 31.4 Å². The Balaban J connectivity index is 1.40. The number of carbonyl (C=O) groups is 1. The lowest BCUT2D eigenvalue weighted by Gasteiger charge is -2.43. The van der Waals surface area contributed by atoms with Crippen molar-refractivity contribution < 1.29 is 9.53 Å². The summed E-state index contributed by atoms with van der Waals surface area (Å²) in [6.45, 7) is 8.11. The van der Waals surface area contributed by atoms with Crippen LogP contribution in [0.15, 0.2) is 18.3 Å². The van der Waals surface area contributed by atoms with Gasteiger partial charge in [-0.05, 0) is 37.8 Å². The van der Waals surface area contributed by atoms with Gasteiger partial charge in [-0.15, -0.1) is 0 Å². The van der Waals surface area contributed by atoms with Crippen LogP contribution in [0.3, 0.4) is 0 Å². The smallest absolute Gasteiger partial charge is 0.272 e. The van der Waals surface area contributed by atoms with E-state index in [1.807, 2.05) is 24.9 Å². The van der Waals surface area contributed by atoms with E-state index >= 15 is 0 Å². The van der Waals surface area contributed by atoms with Crippen molar-refractivity contribution in [2.45, 2.75) is 58.3 Å². The number of hydrogen-bond donors (Lipinski definition) is 1. The summed E-state index contributed by atoms with van der Waals surface area (Å²) in [5, 5.41) is 7.44. The first-order chi connectivity index (χ1) is 14.0. The van der Waals surface area contributed by atoms with Crippen LogP contribution in [0, 0.1) is 6.92 Å². The quantitative estimate of drug-likeness (QED) is 0.839. The van der Waals surface area contributed by atoms with Gasteiger partial charge in [0.1, 0.15) is 0 Å². The number of fused-ring (bicyclic) bond motifs is 1. The van der Waals surface area contributed by atoms with Gasteiger partial charge < -0.3 is 10.1 Å². The van der Waals surface area contributed by atoms with E-state index in [-0.39, 0.29) is 11.5 Å². The Hall–Kier alpha value is -2.25. The molecule has 1 spiro atoms. The summed E-state index contributed by atoms with van der Waals surface area (Å²) in [4.78, 5) is 19.4. The molecule has 2 aliphatic rings. The average molecular weight is 398 g/mol. The summed E-state index contributed by atoms with van der Waals surface area (Å²) >= 11 is 0. The Labute approximate surface area is 172 Å². The molecule has 1 amide bonds. The minimum Gasteiger partial charge on any atom is -0.370 e. The SMILES string of the molecule is CCCNC(=O)c1nn(C)c2c1COC1(CCN(Cc3ccc(C)cn3)CC1)C2. The van der Waals surface area contributed by atoms with Crippen LogP contribution >= 0.6 is 0 Å². The van der Waals surface area contributed by atoms with E-state index < -0.39 is 0 Å². The summed E-state index contributed by atoms with van der Waals surface area (Å²) in [7, 11) is 1.94. The highest BCUT2D eigenvalue weighted by molar-refractivity contribution is 5.94. The molecule has 1 saturated heterocycles. The molecule has 156 valence electrons. The van der Waals surface area contributed by atoms with Crippen molar-refractivity contribution in [1.29, 1.82) is 0 Å². The van der Waals surface area contributed by atoms with Gasteiger partial charge in [0, 0.05) is 57.1 Å². The van der Waals surface area contributed by atoms with Gasteiger partial charge in [-0.3, -0.25) is 19.4 Å². The highest BCUT2D eigenvalue weighted by atomic mass is 16.5. The van der Waals surface area contributed by atoms with E-state index in [1.165, 1.54) is 5.56 Å². The number of rotatable bonds is 5. The molecule has 2 aromatic heterocycles. The van der Waals surface area contributed by atoms with E-state index in [4.69, 9.17) is 4.74 Å². The molecule has 2 aromatic rings. The molecule has 0 saturated carbocycles. The van der Waals surface area contributed by atoms with Crippen LogP contribution in [0.4, 0.5) is 0 Å². The number of nitrogens with one attached hydrogen (secondary N) is 1. The summed E-state index contributed by atoms with van der Waals surface area (Å²) in [6.07, 6.45) is 5.64. The maximum Gasteiger partial charge on any atom is 0.272 e. The van der Waals surface area contributed by atoms with Gasteiger partial charge in [0.15, 0.2) is 5.69 Å². The van der Waals surface area contributed by atoms with Gasteiger partial charge in [-0.2, -0.15) is 5.10 Å². The molecule has 1 fully saturated rings. The Morgan fingerprint density at radius 2 is 2.10 bits per heavy atom. The Bertz CT molecular complexity index is 866. The normalized spacial score (nSPS) is 18.6. The number of pyridine rings is 1. The van der Waals surface area contributed by atoms with Gasteiger partial charge in [0.2, 0.25) is 0 Å². The van der Waals surface area contributed by atoms with E-state index in [0.29, 0.717) is 18.8 Å². The fourth-order valence-corrected chi connectivity index (χ4v) is 4.32. The van der Waals surface area contributed by atoms with E-state index in [9.17, 15) is 4.79 Å². The minimum atomic E-state index is -0.144. The summed E-state index contributed by atoms with van der Waals surface area (Å²) in [5.41, 5.74) is 4.79. The molecule has 1 N–H and O–H groups in total. The molecule has 0 aromatic carbocycles. The number of amides is 1. The van der Waals surface area contributed by atoms with Crippen LogP contribution in [0.25, 0.3) is 0 Å². The topological polar surface area (TPSA) is 72.3 Å². The van der Waals surface area contributed by atoms with E-state index in [0.717, 1.165) is 62.3 Å².